The Morgan fingerprint density at radius 2 is 2.28 bits per heavy atom. The summed E-state index contributed by atoms with van der Waals surface area (Å²) in [6.45, 7) is 3.31. The molecule has 2 aliphatic heterocycles. The average molecular weight is 285 g/mol. The van der Waals surface area contributed by atoms with Crippen LogP contribution >= 0.6 is 23.5 Å². The number of hydrogen-bond donors (Lipinski definition) is 1. The molecule has 3 rings (SSSR count). The van der Waals surface area contributed by atoms with E-state index in [0.717, 1.165) is 24.7 Å². The standard InChI is InChI=1S/C12H19N3OS2/c1-2-9-10(18-7-6-17-9)11-14-12(16-15-11)8-4-3-5-13-8/h8-10,13H,2-7H2,1H3/t8-,9?,10?/m1/s1. The topological polar surface area (TPSA) is 51.0 Å². The Bertz CT molecular complexity index is 392. The first kappa shape index (κ1) is 12.8. The smallest absolute Gasteiger partial charge is 0.243 e. The third kappa shape index (κ3) is 2.56. The van der Waals surface area contributed by atoms with Crippen LogP contribution in [0.25, 0.3) is 0 Å². The molecule has 3 heterocycles. The molecular weight excluding hydrogens is 266 g/mol. The van der Waals surface area contributed by atoms with Gasteiger partial charge < -0.3 is 9.84 Å². The molecule has 0 radical (unpaired) electrons. The Morgan fingerprint density at radius 1 is 1.39 bits per heavy atom. The molecule has 1 aromatic rings. The van der Waals surface area contributed by atoms with E-state index in [1.807, 2.05) is 23.5 Å². The number of rotatable bonds is 3. The number of aromatic nitrogens is 2. The minimum absolute atomic E-state index is 0.285. The quantitative estimate of drug-likeness (QED) is 0.921. The SMILES string of the molecule is CCC1SCCSC1c1noc([C@H]2CCCN2)n1. The van der Waals surface area contributed by atoms with E-state index < -0.39 is 0 Å². The lowest BCUT2D eigenvalue weighted by Gasteiger charge is -2.27. The van der Waals surface area contributed by atoms with E-state index in [1.54, 1.807) is 0 Å². The molecule has 0 aliphatic carbocycles. The lowest BCUT2D eigenvalue weighted by atomic mass is 10.2. The molecular formula is C12H19N3OS2. The second kappa shape index (κ2) is 5.84. The van der Waals surface area contributed by atoms with Gasteiger partial charge in [0.1, 0.15) is 0 Å². The van der Waals surface area contributed by atoms with E-state index in [1.165, 1.54) is 24.3 Å². The van der Waals surface area contributed by atoms with Crippen LogP contribution < -0.4 is 5.32 Å². The van der Waals surface area contributed by atoms with Gasteiger partial charge in [-0.3, -0.25) is 0 Å². The third-order valence-corrected chi connectivity index (χ3v) is 6.77. The highest BCUT2D eigenvalue weighted by atomic mass is 32.2. The van der Waals surface area contributed by atoms with E-state index in [4.69, 9.17) is 4.52 Å². The summed E-state index contributed by atoms with van der Waals surface area (Å²) in [5, 5.41) is 8.67. The molecule has 4 nitrogen and oxygen atoms in total. The maximum atomic E-state index is 5.45. The Kier molecular flexibility index (Phi) is 4.16. The van der Waals surface area contributed by atoms with Gasteiger partial charge in [-0.25, -0.2) is 0 Å². The molecule has 1 aromatic heterocycles. The first-order valence-electron chi connectivity index (χ1n) is 6.68. The molecule has 0 amide bonds. The van der Waals surface area contributed by atoms with Crippen molar-refractivity contribution in [2.24, 2.45) is 0 Å². The summed E-state index contributed by atoms with van der Waals surface area (Å²) >= 11 is 4.03. The van der Waals surface area contributed by atoms with Crippen LogP contribution in [-0.2, 0) is 0 Å². The van der Waals surface area contributed by atoms with Gasteiger partial charge in [-0.15, -0.1) is 11.8 Å². The molecule has 2 saturated heterocycles. The highest BCUT2D eigenvalue weighted by Gasteiger charge is 2.31. The molecule has 3 atom stereocenters. The molecule has 1 N–H and O–H groups in total. The average Bonchev–Trinajstić information content (AvgIpc) is 3.09. The van der Waals surface area contributed by atoms with Crippen molar-refractivity contribution in [1.29, 1.82) is 0 Å². The minimum atomic E-state index is 0.285. The highest BCUT2D eigenvalue weighted by Crippen LogP contribution is 2.43. The van der Waals surface area contributed by atoms with Crippen LogP contribution in [0.4, 0.5) is 0 Å². The minimum Gasteiger partial charge on any atom is -0.338 e. The molecule has 0 saturated carbocycles. The molecule has 18 heavy (non-hydrogen) atoms. The predicted octanol–water partition coefficient (Wildman–Crippen LogP) is 2.79. The Labute approximate surface area is 116 Å². The summed E-state index contributed by atoms with van der Waals surface area (Å²) in [5.41, 5.74) is 0. The van der Waals surface area contributed by atoms with Crippen molar-refractivity contribution in [3.8, 4) is 0 Å². The lowest BCUT2D eigenvalue weighted by Crippen LogP contribution is -2.19. The van der Waals surface area contributed by atoms with Gasteiger partial charge in [0, 0.05) is 16.8 Å². The summed E-state index contributed by atoms with van der Waals surface area (Å²) in [6, 6.07) is 0.285. The molecule has 0 aromatic carbocycles. The van der Waals surface area contributed by atoms with Crippen molar-refractivity contribution in [3.63, 3.8) is 0 Å². The van der Waals surface area contributed by atoms with E-state index in [2.05, 4.69) is 22.4 Å². The van der Waals surface area contributed by atoms with Crippen molar-refractivity contribution in [2.45, 2.75) is 42.7 Å². The lowest BCUT2D eigenvalue weighted by molar-refractivity contribution is 0.341. The molecule has 0 spiro atoms. The highest BCUT2D eigenvalue weighted by molar-refractivity contribution is 8.06. The van der Waals surface area contributed by atoms with Crippen LogP contribution in [0.15, 0.2) is 4.52 Å². The van der Waals surface area contributed by atoms with Crippen LogP contribution in [-0.4, -0.2) is 33.4 Å². The largest absolute Gasteiger partial charge is 0.338 e. The van der Waals surface area contributed by atoms with Crippen molar-refractivity contribution < 1.29 is 4.52 Å². The van der Waals surface area contributed by atoms with E-state index >= 15 is 0 Å². The van der Waals surface area contributed by atoms with Crippen LogP contribution in [0.5, 0.6) is 0 Å². The van der Waals surface area contributed by atoms with Gasteiger partial charge in [-0.2, -0.15) is 16.7 Å². The van der Waals surface area contributed by atoms with E-state index in [9.17, 15) is 0 Å². The van der Waals surface area contributed by atoms with Gasteiger partial charge in [0.05, 0.1) is 11.3 Å². The summed E-state index contributed by atoms with van der Waals surface area (Å²) in [4.78, 5) is 4.64. The summed E-state index contributed by atoms with van der Waals surface area (Å²) < 4.78 is 5.45. The molecule has 2 unspecified atom stereocenters. The van der Waals surface area contributed by atoms with Gasteiger partial charge in [0.2, 0.25) is 5.89 Å². The fourth-order valence-electron chi connectivity index (χ4n) is 2.54. The summed E-state index contributed by atoms with van der Waals surface area (Å²) in [6.07, 6.45) is 3.49. The first-order chi connectivity index (χ1) is 8.88. The number of thioether (sulfide) groups is 2. The Hall–Kier alpha value is -0.200. The first-order valence-corrected chi connectivity index (χ1v) is 8.78. The maximum Gasteiger partial charge on any atom is 0.243 e. The van der Waals surface area contributed by atoms with Crippen LogP contribution in [0.3, 0.4) is 0 Å². The third-order valence-electron chi connectivity index (χ3n) is 3.52. The fraction of sp³-hybridized carbons (Fsp3) is 0.833. The van der Waals surface area contributed by atoms with Crippen molar-refractivity contribution in [3.05, 3.63) is 11.7 Å². The van der Waals surface area contributed by atoms with Crippen LogP contribution in [0.2, 0.25) is 0 Å². The monoisotopic (exact) mass is 285 g/mol. The van der Waals surface area contributed by atoms with Gasteiger partial charge in [-0.05, 0) is 25.8 Å². The Morgan fingerprint density at radius 3 is 3.06 bits per heavy atom. The zero-order chi connectivity index (χ0) is 12.4. The zero-order valence-corrected chi connectivity index (χ0v) is 12.2. The molecule has 6 heteroatoms. The fourth-order valence-corrected chi connectivity index (χ4v) is 5.52. The van der Waals surface area contributed by atoms with Crippen molar-refractivity contribution >= 4 is 23.5 Å². The van der Waals surface area contributed by atoms with E-state index in [0.29, 0.717) is 10.5 Å². The molecule has 2 aliphatic rings. The van der Waals surface area contributed by atoms with Gasteiger partial charge in [0.15, 0.2) is 5.82 Å². The second-order valence-electron chi connectivity index (χ2n) is 4.75. The summed E-state index contributed by atoms with van der Waals surface area (Å²) in [7, 11) is 0. The van der Waals surface area contributed by atoms with Gasteiger partial charge in [-0.1, -0.05) is 12.1 Å². The summed E-state index contributed by atoms with van der Waals surface area (Å²) in [5.74, 6) is 4.13. The number of nitrogens with one attached hydrogen (secondary N) is 1. The maximum absolute atomic E-state index is 5.45. The van der Waals surface area contributed by atoms with Crippen LogP contribution in [0, 0.1) is 0 Å². The molecule has 2 fully saturated rings. The normalized spacial score (nSPS) is 32.8. The number of nitrogens with zero attached hydrogens (tertiary/aromatic N) is 2. The van der Waals surface area contributed by atoms with E-state index in [-0.39, 0.29) is 6.04 Å². The molecule has 100 valence electrons. The predicted molar refractivity (Wildman–Crippen MR) is 76.0 cm³/mol. The zero-order valence-electron chi connectivity index (χ0n) is 10.6. The Balaban J connectivity index is 1.74. The van der Waals surface area contributed by atoms with Gasteiger partial charge in [0.25, 0.3) is 0 Å². The van der Waals surface area contributed by atoms with Crippen molar-refractivity contribution in [2.75, 3.05) is 18.1 Å². The molecule has 0 bridgehead atoms. The van der Waals surface area contributed by atoms with Crippen LogP contribution in [0.1, 0.15) is 49.2 Å². The van der Waals surface area contributed by atoms with Gasteiger partial charge >= 0.3 is 0 Å². The van der Waals surface area contributed by atoms with Crippen molar-refractivity contribution in [1.82, 2.24) is 15.5 Å². The second-order valence-corrected chi connectivity index (χ2v) is 7.35. The number of hydrogen-bond acceptors (Lipinski definition) is 6.